The quantitative estimate of drug-likeness (QED) is 0.591. The van der Waals surface area contributed by atoms with Crippen LogP contribution >= 0.6 is 0 Å². The number of benzene rings is 2. The second kappa shape index (κ2) is 6.32. The molecule has 0 spiro atoms. The topological polar surface area (TPSA) is 83.6 Å². The lowest BCUT2D eigenvalue weighted by Crippen LogP contribution is -2.13. The lowest BCUT2D eigenvalue weighted by Gasteiger charge is -2.05. The van der Waals surface area contributed by atoms with Crippen LogP contribution in [0, 0.1) is 11.6 Å². The number of anilines is 1. The average Bonchev–Trinajstić information content (AvgIpc) is 3.08. The lowest BCUT2D eigenvalue weighted by molar-refractivity contribution is 0.102. The Hall–Kier alpha value is -3.68. The molecule has 0 radical (unpaired) electrons. The van der Waals surface area contributed by atoms with Crippen LogP contribution in [0.15, 0.2) is 54.9 Å². The van der Waals surface area contributed by atoms with Gasteiger partial charge in [-0.3, -0.25) is 9.89 Å². The van der Waals surface area contributed by atoms with Crippen molar-refractivity contribution in [1.29, 1.82) is 0 Å². The molecule has 1 amide bonds. The molecule has 2 heterocycles. The van der Waals surface area contributed by atoms with Crippen molar-refractivity contribution in [2.45, 2.75) is 0 Å². The molecule has 0 fully saturated rings. The van der Waals surface area contributed by atoms with Crippen LogP contribution < -0.4 is 5.32 Å². The lowest BCUT2D eigenvalue weighted by atomic mass is 10.0. The molecule has 26 heavy (non-hydrogen) atoms. The number of amides is 1. The molecule has 2 N–H and O–H groups in total. The van der Waals surface area contributed by atoms with E-state index in [1.54, 1.807) is 24.3 Å². The third-order valence-corrected chi connectivity index (χ3v) is 3.88. The van der Waals surface area contributed by atoms with Crippen LogP contribution in [0.3, 0.4) is 0 Å². The summed E-state index contributed by atoms with van der Waals surface area (Å²) in [5.41, 5.74) is 1.75. The van der Waals surface area contributed by atoms with Gasteiger partial charge in [0.2, 0.25) is 0 Å². The Labute approximate surface area is 145 Å². The van der Waals surface area contributed by atoms with Crippen molar-refractivity contribution in [1.82, 2.24) is 20.4 Å². The fraction of sp³-hybridized carbons (Fsp3) is 0. The zero-order chi connectivity index (χ0) is 18.1. The minimum Gasteiger partial charge on any atom is -0.319 e. The maximum Gasteiger partial charge on any atom is 0.276 e. The van der Waals surface area contributed by atoms with E-state index < -0.39 is 17.5 Å². The molecule has 8 heteroatoms. The second-order valence-electron chi connectivity index (χ2n) is 5.52. The highest BCUT2D eigenvalue weighted by Crippen LogP contribution is 2.28. The number of nitrogens with one attached hydrogen (secondary N) is 2. The van der Waals surface area contributed by atoms with Crippen molar-refractivity contribution >= 4 is 22.5 Å². The van der Waals surface area contributed by atoms with Gasteiger partial charge in [0.15, 0.2) is 17.3 Å². The van der Waals surface area contributed by atoms with E-state index in [0.717, 1.165) is 6.07 Å². The van der Waals surface area contributed by atoms with Crippen molar-refractivity contribution < 1.29 is 13.6 Å². The highest BCUT2D eigenvalue weighted by molar-refractivity contribution is 6.11. The average molecular weight is 351 g/mol. The fourth-order valence-electron chi connectivity index (χ4n) is 2.64. The predicted octanol–water partition coefficient (Wildman–Crippen LogP) is 3.55. The first-order chi connectivity index (χ1) is 12.6. The minimum atomic E-state index is -0.941. The molecule has 0 aliphatic rings. The van der Waals surface area contributed by atoms with Crippen LogP contribution in [0.4, 0.5) is 14.5 Å². The van der Waals surface area contributed by atoms with Gasteiger partial charge in [-0.15, -0.1) is 0 Å². The Kier molecular flexibility index (Phi) is 3.85. The predicted molar refractivity (Wildman–Crippen MR) is 91.4 cm³/mol. The standard InChI is InChI=1S/C18H11F2N5O/c19-14-3-1-2-12(16(14)20)10-4-5-15-13(8-10)17(25-24-15)18(26)23-11-6-7-21-22-9-11/h1-9H,(H,24,25)(H,21,23,26). The molecular weight excluding hydrogens is 340 g/mol. The van der Waals surface area contributed by atoms with Crippen molar-refractivity contribution in [2.75, 3.05) is 5.32 Å². The maximum absolute atomic E-state index is 14.1. The van der Waals surface area contributed by atoms with Crippen LogP contribution in [0.25, 0.3) is 22.0 Å². The van der Waals surface area contributed by atoms with E-state index in [0.29, 0.717) is 22.2 Å². The van der Waals surface area contributed by atoms with Gasteiger partial charge in [-0.2, -0.15) is 15.3 Å². The molecule has 0 saturated carbocycles. The number of fused-ring (bicyclic) bond motifs is 1. The summed E-state index contributed by atoms with van der Waals surface area (Å²) in [6, 6.07) is 10.4. The van der Waals surface area contributed by atoms with Gasteiger partial charge in [0.1, 0.15) is 0 Å². The Bertz CT molecular complexity index is 1110. The van der Waals surface area contributed by atoms with Gasteiger partial charge in [0.25, 0.3) is 5.91 Å². The zero-order valence-electron chi connectivity index (χ0n) is 13.2. The minimum absolute atomic E-state index is 0.109. The smallest absolute Gasteiger partial charge is 0.276 e. The van der Waals surface area contributed by atoms with Crippen LogP contribution in [-0.4, -0.2) is 26.3 Å². The molecule has 0 unspecified atom stereocenters. The van der Waals surface area contributed by atoms with E-state index in [9.17, 15) is 13.6 Å². The van der Waals surface area contributed by atoms with Crippen molar-refractivity contribution in [3.8, 4) is 11.1 Å². The Balaban J connectivity index is 1.75. The van der Waals surface area contributed by atoms with Gasteiger partial charge in [0, 0.05) is 10.9 Å². The van der Waals surface area contributed by atoms with Crippen molar-refractivity contribution in [3.05, 3.63) is 72.2 Å². The third kappa shape index (κ3) is 2.77. The summed E-state index contributed by atoms with van der Waals surface area (Å²) in [7, 11) is 0. The number of H-pyrrole nitrogens is 1. The Morgan fingerprint density at radius 3 is 2.77 bits per heavy atom. The monoisotopic (exact) mass is 351 g/mol. The number of hydrogen-bond donors (Lipinski definition) is 2. The van der Waals surface area contributed by atoms with Gasteiger partial charge < -0.3 is 5.32 Å². The number of aromatic nitrogens is 4. The summed E-state index contributed by atoms with van der Waals surface area (Å²) >= 11 is 0. The molecule has 128 valence electrons. The number of rotatable bonds is 3. The summed E-state index contributed by atoms with van der Waals surface area (Å²) in [5.74, 6) is -2.33. The van der Waals surface area contributed by atoms with Gasteiger partial charge in [-0.25, -0.2) is 8.78 Å². The first kappa shape index (κ1) is 15.8. The van der Waals surface area contributed by atoms with Crippen molar-refractivity contribution in [3.63, 3.8) is 0 Å². The second-order valence-corrected chi connectivity index (χ2v) is 5.52. The first-order valence-corrected chi connectivity index (χ1v) is 7.64. The Morgan fingerprint density at radius 2 is 1.96 bits per heavy atom. The largest absolute Gasteiger partial charge is 0.319 e. The van der Waals surface area contributed by atoms with Gasteiger partial charge in [-0.05, 0) is 29.8 Å². The van der Waals surface area contributed by atoms with E-state index in [1.807, 2.05) is 0 Å². The molecule has 0 aliphatic heterocycles. The van der Waals surface area contributed by atoms with E-state index in [2.05, 4.69) is 25.7 Å². The van der Waals surface area contributed by atoms with E-state index in [1.165, 1.54) is 24.5 Å². The molecule has 6 nitrogen and oxygen atoms in total. The van der Waals surface area contributed by atoms with Gasteiger partial charge in [-0.1, -0.05) is 18.2 Å². The highest BCUT2D eigenvalue weighted by Gasteiger charge is 2.17. The summed E-state index contributed by atoms with van der Waals surface area (Å²) in [6.45, 7) is 0. The van der Waals surface area contributed by atoms with Crippen LogP contribution in [-0.2, 0) is 0 Å². The molecule has 2 aromatic carbocycles. The van der Waals surface area contributed by atoms with Gasteiger partial charge >= 0.3 is 0 Å². The van der Waals surface area contributed by atoms with E-state index >= 15 is 0 Å². The van der Waals surface area contributed by atoms with Crippen LogP contribution in [0.2, 0.25) is 0 Å². The molecule has 4 rings (SSSR count). The molecule has 0 atom stereocenters. The zero-order valence-corrected chi connectivity index (χ0v) is 13.2. The van der Waals surface area contributed by atoms with Gasteiger partial charge in [0.05, 0.1) is 23.6 Å². The molecule has 2 aromatic heterocycles. The number of carbonyl (C=O) groups is 1. The molecule has 0 saturated heterocycles. The normalized spacial score (nSPS) is 10.8. The summed E-state index contributed by atoms with van der Waals surface area (Å²) in [4.78, 5) is 12.5. The van der Waals surface area contributed by atoms with Crippen LogP contribution in [0.1, 0.15) is 10.5 Å². The molecule has 0 aliphatic carbocycles. The summed E-state index contributed by atoms with van der Waals surface area (Å²) in [6.07, 6.45) is 2.85. The molecular formula is C18H11F2N5O. The first-order valence-electron chi connectivity index (χ1n) is 7.64. The SMILES string of the molecule is O=C(Nc1ccnnc1)c1n[nH]c2ccc(-c3cccc(F)c3F)cc12. The fourth-order valence-corrected chi connectivity index (χ4v) is 2.64. The number of hydrogen-bond acceptors (Lipinski definition) is 4. The number of halogens is 2. The molecule has 0 bridgehead atoms. The molecule has 4 aromatic rings. The Morgan fingerprint density at radius 1 is 1.08 bits per heavy atom. The van der Waals surface area contributed by atoms with Crippen molar-refractivity contribution in [2.24, 2.45) is 0 Å². The third-order valence-electron chi connectivity index (χ3n) is 3.88. The number of nitrogens with zero attached hydrogens (tertiary/aromatic N) is 3. The summed E-state index contributed by atoms with van der Waals surface area (Å²) < 4.78 is 27.6. The van der Waals surface area contributed by atoms with Crippen LogP contribution in [0.5, 0.6) is 0 Å². The van der Waals surface area contributed by atoms with E-state index in [-0.39, 0.29) is 11.3 Å². The van der Waals surface area contributed by atoms with E-state index in [4.69, 9.17) is 0 Å². The highest BCUT2D eigenvalue weighted by atomic mass is 19.2. The number of carbonyl (C=O) groups excluding carboxylic acids is 1. The summed E-state index contributed by atoms with van der Waals surface area (Å²) in [5, 5.41) is 17.2. The number of aromatic amines is 1. The maximum atomic E-state index is 14.1.